The van der Waals surface area contributed by atoms with Crippen LogP contribution in [0.5, 0.6) is 0 Å². The second-order valence-corrected chi connectivity index (χ2v) is 4.76. The standard InChI is InChI=1S/C14H18O2/c15-14(16)13(10-12-7-4-8-12)9-11-5-2-1-3-6-11/h1-3,5-6,12-13H,4,7-10H2,(H,15,16)/t13-/m1/s1. The first kappa shape index (κ1) is 11.2. The number of hydrogen-bond donors (Lipinski definition) is 1. The van der Waals surface area contributed by atoms with Gasteiger partial charge in [-0.1, -0.05) is 49.6 Å². The zero-order valence-electron chi connectivity index (χ0n) is 9.43. The van der Waals surface area contributed by atoms with E-state index in [1.54, 1.807) is 0 Å². The fraction of sp³-hybridized carbons (Fsp3) is 0.500. The van der Waals surface area contributed by atoms with E-state index in [-0.39, 0.29) is 5.92 Å². The zero-order valence-corrected chi connectivity index (χ0v) is 9.43. The Morgan fingerprint density at radius 1 is 1.31 bits per heavy atom. The zero-order chi connectivity index (χ0) is 11.4. The third-order valence-electron chi connectivity index (χ3n) is 3.52. The topological polar surface area (TPSA) is 37.3 Å². The van der Waals surface area contributed by atoms with Crippen LogP contribution in [0.1, 0.15) is 31.2 Å². The van der Waals surface area contributed by atoms with Gasteiger partial charge in [-0.3, -0.25) is 4.79 Å². The van der Waals surface area contributed by atoms with Crippen LogP contribution in [-0.4, -0.2) is 11.1 Å². The fourth-order valence-corrected chi connectivity index (χ4v) is 2.30. The highest BCUT2D eigenvalue weighted by atomic mass is 16.4. The van der Waals surface area contributed by atoms with E-state index >= 15 is 0 Å². The quantitative estimate of drug-likeness (QED) is 0.824. The summed E-state index contributed by atoms with van der Waals surface area (Å²) >= 11 is 0. The maximum Gasteiger partial charge on any atom is 0.306 e. The third-order valence-corrected chi connectivity index (χ3v) is 3.52. The molecule has 1 atom stereocenters. The Bertz CT molecular complexity index is 341. The number of aliphatic carboxylic acids is 1. The number of benzene rings is 1. The number of hydrogen-bond acceptors (Lipinski definition) is 1. The smallest absolute Gasteiger partial charge is 0.306 e. The molecule has 1 saturated carbocycles. The van der Waals surface area contributed by atoms with Gasteiger partial charge in [-0.25, -0.2) is 0 Å². The van der Waals surface area contributed by atoms with Crippen LogP contribution >= 0.6 is 0 Å². The molecule has 1 aliphatic carbocycles. The summed E-state index contributed by atoms with van der Waals surface area (Å²) in [5, 5.41) is 9.20. The number of rotatable bonds is 5. The average Bonchev–Trinajstić information content (AvgIpc) is 2.22. The highest BCUT2D eigenvalue weighted by molar-refractivity contribution is 5.70. The first-order valence-corrected chi connectivity index (χ1v) is 6.02. The normalized spacial score (nSPS) is 17.8. The molecule has 0 aromatic heterocycles. The highest BCUT2D eigenvalue weighted by Crippen LogP contribution is 2.33. The Balaban J connectivity index is 1.94. The van der Waals surface area contributed by atoms with E-state index in [1.165, 1.54) is 19.3 Å². The Hall–Kier alpha value is -1.31. The molecule has 0 heterocycles. The van der Waals surface area contributed by atoms with E-state index in [1.807, 2.05) is 30.3 Å². The van der Waals surface area contributed by atoms with Gasteiger partial charge in [-0.2, -0.15) is 0 Å². The van der Waals surface area contributed by atoms with Gasteiger partial charge in [0.15, 0.2) is 0 Å². The molecule has 86 valence electrons. The summed E-state index contributed by atoms with van der Waals surface area (Å²) in [4.78, 5) is 11.2. The maximum absolute atomic E-state index is 11.2. The molecule has 1 aromatic rings. The molecule has 2 nitrogen and oxygen atoms in total. The molecule has 1 fully saturated rings. The summed E-state index contributed by atoms with van der Waals surface area (Å²) in [5.41, 5.74) is 1.13. The molecular formula is C14H18O2. The molecule has 0 bridgehead atoms. The van der Waals surface area contributed by atoms with Gasteiger partial charge in [-0.05, 0) is 24.3 Å². The minimum Gasteiger partial charge on any atom is -0.481 e. The van der Waals surface area contributed by atoms with Crippen LogP contribution in [0.2, 0.25) is 0 Å². The number of carboxylic acids is 1. The first-order chi connectivity index (χ1) is 7.75. The monoisotopic (exact) mass is 218 g/mol. The summed E-state index contributed by atoms with van der Waals surface area (Å²) in [6.45, 7) is 0. The molecule has 1 N–H and O–H groups in total. The molecule has 0 spiro atoms. The lowest BCUT2D eigenvalue weighted by Gasteiger charge is -2.28. The van der Waals surface area contributed by atoms with Crippen molar-refractivity contribution in [2.24, 2.45) is 11.8 Å². The van der Waals surface area contributed by atoms with Gasteiger partial charge in [0.1, 0.15) is 0 Å². The van der Waals surface area contributed by atoms with Gasteiger partial charge >= 0.3 is 5.97 Å². The van der Waals surface area contributed by atoms with Crippen molar-refractivity contribution in [3.63, 3.8) is 0 Å². The molecule has 1 aromatic carbocycles. The minimum absolute atomic E-state index is 0.201. The summed E-state index contributed by atoms with van der Waals surface area (Å²) in [7, 11) is 0. The van der Waals surface area contributed by atoms with Gasteiger partial charge in [0.05, 0.1) is 5.92 Å². The summed E-state index contributed by atoms with van der Waals surface area (Å²) in [6.07, 6.45) is 5.25. The van der Waals surface area contributed by atoms with Crippen LogP contribution in [0.3, 0.4) is 0 Å². The van der Waals surface area contributed by atoms with Gasteiger partial charge in [0, 0.05) is 0 Å². The van der Waals surface area contributed by atoms with Crippen molar-refractivity contribution in [1.82, 2.24) is 0 Å². The van der Waals surface area contributed by atoms with Crippen molar-refractivity contribution >= 4 is 5.97 Å². The SMILES string of the molecule is O=C(O)[C@H](Cc1ccccc1)CC1CCC1. The van der Waals surface area contributed by atoms with Crippen molar-refractivity contribution in [3.8, 4) is 0 Å². The van der Waals surface area contributed by atoms with E-state index < -0.39 is 5.97 Å². The molecule has 2 rings (SSSR count). The van der Waals surface area contributed by atoms with Crippen LogP contribution in [0.15, 0.2) is 30.3 Å². The molecule has 1 aliphatic rings. The number of carboxylic acid groups (broad SMARTS) is 1. The summed E-state index contributed by atoms with van der Waals surface area (Å²) in [6, 6.07) is 9.92. The Morgan fingerprint density at radius 2 is 2.00 bits per heavy atom. The predicted molar refractivity (Wildman–Crippen MR) is 63.2 cm³/mol. The largest absolute Gasteiger partial charge is 0.481 e. The molecule has 0 saturated heterocycles. The van der Waals surface area contributed by atoms with E-state index in [0.29, 0.717) is 12.3 Å². The van der Waals surface area contributed by atoms with E-state index in [4.69, 9.17) is 0 Å². The second-order valence-electron chi connectivity index (χ2n) is 4.76. The number of carbonyl (C=O) groups is 1. The highest BCUT2D eigenvalue weighted by Gasteiger charge is 2.26. The first-order valence-electron chi connectivity index (χ1n) is 6.02. The molecule has 0 radical (unpaired) electrons. The second kappa shape index (κ2) is 5.15. The lowest BCUT2D eigenvalue weighted by atomic mass is 9.77. The fourth-order valence-electron chi connectivity index (χ4n) is 2.30. The van der Waals surface area contributed by atoms with Gasteiger partial charge < -0.3 is 5.11 Å². The van der Waals surface area contributed by atoms with Crippen LogP contribution in [0.25, 0.3) is 0 Å². The van der Waals surface area contributed by atoms with Gasteiger partial charge in [0.2, 0.25) is 0 Å². The van der Waals surface area contributed by atoms with Crippen molar-refractivity contribution in [2.45, 2.75) is 32.1 Å². The Kier molecular flexibility index (Phi) is 3.60. The van der Waals surface area contributed by atoms with Crippen molar-refractivity contribution in [1.29, 1.82) is 0 Å². The summed E-state index contributed by atoms with van der Waals surface area (Å²) in [5.74, 6) is -0.187. The maximum atomic E-state index is 11.2. The molecule has 0 unspecified atom stereocenters. The van der Waals surface area contributed by atoms with Crippen LogP contribution in [-0.2, 0) is 11.2 Å². The van der Waals surface area contributed by atoms with Crippen LogP contribution < -0.4 is 0 Å². The van der Waals surface area contributed by atoms with Gasteiger partial charge in [0.25, 0.3) is 0 Å². The Labute approximate surface area is 96.3 Å². The van der Waals surface area contributed by atoms with E-state index in [9.17, 15) is 9.90 Å². The average molecular weight is 218 g/mol. The molecule has 0 amide bonds. The minimum atomic E-state index is -0.643. The van der Waals surface area contributed by atoms with Crippen LogP contribution in [0, 0.1) is 11.8 Å². The lowest BCUT2D eigenvalue weighted by molar-refractivity contribution is -0.142. The van der Waals surface area contributed by atoms with Crippen molar-refractivity contribution in [2.75, 3.05) is 0 Å². The molecule has 0 aliphatic heterocycles. The van der Waals surface area contributed by atoms with Crippen LogP contribution in [0.4, 0.5) is 0 Å². The van der Waals surface area contributed by atoms with E-state index in [2.05, 4.69) is 0 Å². The third kappa shape index (κ3) is 2.84. The molecule has 2 heteroatoms. The molecule has 16 heavy (non-hydrogen) atoms. The Morgan fingerprint density at radius 3 is 2.50 bits per heavy atom. The lowest BCUT2D eigenvalue weighted by Crippen LogP contribution is -2.23. The van der Waals surface area contributed by atoms with Crippen molar-refractivity contribution in [3.05, 3.63) is 35.9 Å². The van der Waals surface area contributed by atoms with Gasteiger partial charge in [-0.15, -0.1) is 0 Å². The summed E-state index contributed by atoms with van der Waals surface area (Å²) < 4.78 is 0. The van der Waals surface area contributed by atoms with Crippen molar-refractivity contribution < 1.29 is 9.90 Å². The predicted octanol–water partition coefficient (Wildman–Crippen LogP) is 3.12. The van der Waals surface area contributed by atoms with E-state index in [0.717, 1.165) is 12.0 Å². The molecular weight excluding hydrogens is 200 g/mol.